The molecule has 9 heavy (non-hydrogen) atoms. The minimum Gasteiger partial charge on any atom is -0.218 e. The molecular weight excluding hydrogens is 271 g/mol. The van der Waals surface area contributed by atoms with Crippen molar-refractivity contribution >= 4 is 40.0 Å². The highest BCUT2D eigenvalue weighted by molar-refractivity contribution is 14.2. The molecule has 2 nitrogen and oxygen atoms in total. The summed E-state index contributed by atoms with van der Waals surface area (Å²) in [5, 5.41) is 0. The summed E-state index contributed by atoms with van der Waals surface area (Å²) in [7, 11) is -2.75. The number of thioether (sulfide) groups is 1. The molecule has 0 fully saturated rings. The Labute approximate surface area is 72.3 Å². The lowest BCUT2D eigenvalue weighted by Crippen LogP contribution is -1.98. The van der Waals surface area contributed by atoms with E-state index < -0.39 is 7.01 Å². The van der Waals surface area contributed by atoms with Crippen LogP contribution in [0, 0.1) is 0 Å². The summed E-state index contributed by atoms with van der Waals surface area (Å²) in [4.78, 5) is 0. The Balaban J connectivity index is 3.30. The molecule has 0 aliphatic rings. The molecule has 0 saturated heterocycles. The largest absolute Gasteiger partial charge is 0.218 e. The molecule has 0 aromatic rings. The predicted octanol–water partition coefficient (Wildman–Crippen LogP) is 1.50. The van der Waals surface area contributed by atoms with E-state index in [1.165, 1.54) is 21.2 Å². The molecule has 0 spiro atoms. The van der Waals surface area contributed by atoms with E-state index >= 15 is 0 Å². The molecule has 0 heterocycles. The zero-order chi connectivity index (χ0) is 7.33. The van der Waals surface area contributed by atoms with Crippen LogP contribution in [0.25, 0.3) is 0 Å². The van der Waals surface area contributed by atoms with Gasteiger partial charge < -0.3 is 0 Å². The maximum absolute atomic E-state index is 10.5. The maximum atomic E-state index is 10.5. The third kappa shape index (κ3) is 9.03. The molecule has 0 aliphatic heterocycles. The first kappa shape index (κ1) is 10.0. The van der Waals surface area contributed by atoms with Crippen molar-refractivity contribution in [3.8, 4) is 0 Å². The van der Waals surface area contributed by atoms with E-state index in [0.717, 1.165) is 11.5 Å². The van der Waals surface area contributed by atoms with Gasteiger partial charge in [0.2, 0.25) is 7.01 Å². The van der Waals surface area contributed by atoms with Gasteiger partial charge in [-0.3, -0.25) is 0 Å². The van der Waals surface area contributed by atoms with Crippen molar-refractivity contribution in [3.63, 3.8) is 0 Å². The Morgan fingerprint density at radius 2 is 2.11 bits per heavy atom. The highest BCUT2D eigenvalue weighted by Gasteiger charge is 2.01. The van der Waals surface area contributed by atoms with Crippen LogP contribution in [0.3, 0.4) is 0 Å². The van der Waals surface area contributed by atoms with E-state index in [4.69, 9.17) is 0 Å². The summed E-state index contributed by atoms with van der Waals surface area (Å²) in [5.41, 5.74) is 0. The van der Waals surface area contributed by atoms with Gasteiger partial charge in [0, 0.05) is 5.75 Å². The molecule has 5 heteroatoms. The molecule has 0 N–H and O–H groups in total. The highest BCUT2D eigenvalue weighted by Crippen LogP contribution is 2.05. The standard InChI is InChI=1S/C4H9IO2S2/c1-2-8-3-4-9(5,6)7/h2-4H2,1H3. The topological polar surface area (TPSA) is 34.1 Å². The maximum Gasteiger partial charge on any atom is 0.203 e. The van der Waals surface area contributed by atoms with Crippen molar-refractivity contribution in [1.29, 1.82) is 0 Å². The van der Waals surface area contributed by atoms with Crippen LogP contribution in [-0.4, -0.2) is 25.7 Å². The van der Waals surface area contributed by atoms with Crippen molar-refractivity contribution in [1.82, 2.24) is 0 Å². The summed E-state index contributed by atoms with van der Waals surface area (Å²) in [6.07, 6.45) is 0. The second kappa shape index (κ2) is 4.79. The Hall–Kier alpha value is 1.03. The van der Waals surface area contributed by atoms with Gasteiger partial charge in [-0.2, -0.15) is 11.8 Å². The zero-order valence-electron chi connectivity index (χ0n) is 5.13. The van der Waals surface area contributed by atoms with Crippen molar-refractivity contribution in [2.45, 2.75) is 6.92 Å². The minimum atomic E-state index is -2.75. The third-order valence-electron chi connectivity index (χ3n) is 0.676. The summed E-state index contributed by atoms with van der Waals surface area (Å²) in [6.45, 7) is 2.02. The zero-order valence-corrected chi connectivity index (χ0v) is 8.92. The van der Waals surface area contributed by atoms with Crippen LogP contribution in [0.15, 0.2) is 0 Å². The molecular formula is C4H9IO2S2. The molecule has 0 rings (SSSR count). The quantitative estimate of drug-likeness (QED) is 0.444. The SMILES string of the molecule is CCSCCS(=O)(=O)I. The second-order valence-electron chi connectivity index (χ2n) is 1.44. The molecule has 0 radical (unpaired) electrons. The lowest BCUT2D eigenvalue weighted by atomic mass is 10.9. The van der Waals surface area contributed by atoms with Crippen LogP contribution in [0.2, 0.25) is 0 Å². The Bertz CT molecular complexity index is 152. The fourth-order valence-electron chi connectivity index (χ4n) is 0.303. The molecule has 0 saturated carbocycles. The van der Waals surface area contributed by atoms with Gasteiger partial charge >= 0.3 is 0 Å². The Morgan fingerprint density at radius 3 is 2.44 bits per heavy atom. The normalized spacial score (nSPS) is 11.8. The van der Waals surface area contributed by atoms with E-state index in [0.29, 0.717) is 5.75 Å². The van der Waals surface area contributed by atoms with E-state index in [1.54, 1.807) is 11.8 Å². The molecule has 0 unspecified atom stereocenters. The smallest absolute Gasteiger partial charge is 0.203 e. The van der Waals surface area contributed by atoms with Crippen molar-refractivity contribution in [2.24, 2.45) is 0 Å². The summed E-state index contributed by atoms with van der Waals surface area (Å²) < 4.78 is 21.0. The highest BCUT2D eigenvalue weighted by atomic mass is 127. The average Bonchev–Trinajstić information content (AvgIpc) is 1.63. The molecule has 0 amide bonds. The first-order chi connectivity index (χ1) is 4.06. The number of hydrogen-bond acceptors (Lipinski definition) is 3. The van der Waals surface area contributed by atoms with Gasteiger partial charge in [-0.15, -0.1) is 0 Å². The van der Waals surface area contributed by atoms with Gasteiger partial charge in [-0.1, -0.05) is 6.92 Å². The van der Waals surface area contributed by atoms with E-state index in [9.17, 15) is 8.42 Å². The van der Waals surface area contributed by atoms with Crippen molar-refractivity contribution in [3.05, 3.63) is 0 Å². The Morgan fingerprint density at radius 1 is 1.56 bits per heavy atom. The lowest BCUT2D eigenvalue weighted by Gasteiger charge is -1.92. The fourth-order valence-corrected chi connectivity index (χ4v) is 3.48. The van der Waals surface area contributed by atoms with E-state index in [2.05, 4.69) is 0 Å². The molecule has 0 aromatic carbocycles. The van der Waals surface area contributed by atoms with Crippen LogP contribution >= 0.6 is 33.0 Å². The monoisotopic (exact) mass is 280 g/mol. The van der Waals surface area contributed by atoms with Gasteiger partial charge in [-0.05, 0) is 5.75 Å². The van der Waals surface area contributed by atoms with Gasteiger partial charge in [0.25, 0.3) is 0 Å². The average molecular weight is 280 g/mol. The first-order valence-electron chi connectivity index (χ1n) is 2.56. The van der Waals surface area contributed by atoms with E-state index in [-0.39, 0.29) is 0 Å². The summed E-state index contributed by atoms with van der Waals surface area (Å²) in [5.74, 6) is 2.01. The molecule has 0 aliphatic carbocycles. The predicted molar refractivity (Wildman–Crippen MR) is 50.8 cm³/mol. The third-order valence-corrected chi connectivity index (χ3v) is 3.85. The summed E-state index contributed by atoms with van der Waals surface area (Å²) in [6, 6.07) is 0. The summed E-state index contributed by atoms with van der Waals surface area (Å²) >= 11 is 3.13. The fraction of sp³-hybridized carbons (Fsp3) is 1.00. The molecule has 0 atom stereocenters. The lowest BCUT2D eigenvalue weighted by molar-refractivity contribution is 0.614. The van der Waals surface area contributed by atoms with Crippen molar-refractivity contribution < 1.29 is 8.42 Å². The van der Waals surface area contributed by atoms with Crippen LogP contribution in [0.4, 0.5) is 0 Å². The Kier molecular flexibility index (Phi) is 5.33. The second-order valence-corrected chi connectivity index (χ2v) is 8.35. The number of halogens is 1. The van der Waals surface area contributed by atoms with Crippen LogP contribution in [-0.2, 0) is 7.01 Å². The van der Waals surface area contributed by atoms with Crippen LogP contribution in [0.1, 0.15) is 6.92 Å². The van der Waals surface area contributed by atoms with Gasteiger partial charge in [-0.25, -0.2) is 8.42 Å². The van der Waals surface area contributed by atoms with Crippen molar-refractivity contribution in [2.75, 3.05) is 17.3 Å². The van der Waals surface area contributed by atoms with E-state index in [1.807, 2.05) is 6.92 Å². The minimum absolute atomic E-state index is 0.298. The van der Waals surface area contributed by atoms with Gasteiger partial charge in [0.15, 0.2) is 0 Å². The number of rotatable bonds is 4. The van der Waals surface area contributed by atoms with Gasteiger partial charge in [0.1, 0.15) is 0 Å². The van der Waals surface area contributed by atoms with Crippen LogP contribution < -0.4 is 0 Å². The number of hydrogen-bond donors (Lipinski definition) is 0. The molecule has 56 valence electrons. The molecule has 0 aromatic heterocycles. The molecule has 0 bridgehead atoms. The first-order valence-corrected chi connectivity index (χ1v) is 7.91. The van der Waals surface area contributed by atoms with Gasteiger partial charge in [0.05, 0.1) is 27.0 Å². The van der Waals surface area contributed by atoms with Crippen LogP contribution in [0.5, 0.6) is 0 Å².